The fourth-order valence-electron chi connectivity index (χ4n) is 4.83. The lowest BCUT2D eigenvalue weighted by molar-refractivity contribution is 0.104. The third-order valence-electron chi connectivity index (χ3n) is 6.32. The number of pyridine rings is 1. The van der Waals surface area contributed by atoms with E-state index in [1.807, 2.05) is 35.9 Å². The Hall–Kier alpha value is -2.58. The molecule has 1 aromatic carbocycles. The Kier molecular flexibility index (Phi) is 6.48. The van der Waals surface area contributed by atoms with Crippen molar-refractivity contribution in [3.8, 4) is 0 Å². The summed E-state index contributed by atoms with van der Waals surface area (Å²) < 4.78 is 1.98. The Morgan fingerprint density at radius 1 is 1.26 bits per heavy atom. The van der Waals surface area contributed by atoms with Gasteiger partial charge in [-0.3, -0.25) is 9.69 Å². The van der Waals surface area contributed by atoms with Gasteiger partial charge in [0.1, 0.15) is 0 Å². The zero-order chi connectivity index (χ0) is 22.0. The summed E-state index contributed by atoms with van der Waals surface area (Å²) in [6.45, 7) is 7.13. The highest BCUT2D eigenvalue weighted by atomic mass is 16.3. The van der Waals surface area contributed by atoms with Crippen LogP contribution in [0.3, 0.4) is 0 Å². The fraction of sp³-hybridized carbons (Fsp3) is 0.565. The molecular weight excluding hydrogens is 392 g/mol. The van der Waals surface area contributed by atoms with Crippen molar-refractivity contribution in [3.63, 3.8) is 0 Å². The first-order valence-electron chi connectivity index (χ1n) is 11.2. The van der Waals surface area contributed by atoms with Crippen LogP contribution >= 0.6 is 0 Å². The van der Waals surface area contributed by atoms with Crippen molar-refractivity contribution in [3.05, 3.63) is 51.6 Å². The van der Waals surface area contributed by atoms with E-state index in [-0.39, 0.29) is 24.1 Å². The number of aromatic amines is 1. The third kappa shape index (κ3) is 4.55. The van der Waals surface area contributed by atoms with Crippen molar-refractivity contribution in [1.82, 2.24) is 30.1 Å². The first-order valence-corrected chi connectivity index (χ1v) is 11.2. The molecule has 1 saturated carbocycles. The molecule has 0 bridgehead atoms. The zero-order valence-electron chi connectivity index (χ0n) is 18.6. The van der Waals surface area contributed by atoms with Gasteiger partial charge in [-0.05, 0) is 59.2 Å². The van der Waals surface area contributed by atoms with Gasteiger partial charge < -0.3 is 10.1 Å². The van der Waals surface area contributed by atoms with Crippen molar-refractivity contribution in [2.24, 2.45) is 5.92 Å². The number of aryl methyl sites for hydroxylation is 1. The number of fused-ring (bicyclic) bond motifs is 1. The van der Waals surface area contributed by atoms with Crippen LogP contribution in [0, 0.1) is 12.8 Å². The van der Waals surface area contributed by atoms with Crippen LogP contribution in [0.25, 0.3) is 10.9 Å². The van der Waals surface area contributed by atoms with Crippen LogP contribution < -0.4 is 5.56 Å². The van der Waals surface area contributed by atoms with E-state index in [4.69, 9.17) is 0 Å². The average molecular weight is 425 g/mol. The molecule has 4 rings (SSSR count). The SMILES string of the molecule is Cc1ccc2cc(CN(CCO)[C@@H](c3nnnn3C3CCCC3)C(C)C)c(=O)[nH]c2c1. The van der Waals surface area contributed by atoms with E-state index in [1.54, 1.807) is 0 Å². The van der Waals surface area contributed by atoms with E-state index in [2.05, 4.69) is 39.3 Å². The molecule has 0 aliphatic heterocycles. The predicted octanol–water partition coefficient (Wildman–Crippen LogP) is 3.13. The minimum Gasteiger partial charge on any atom is -0.395 e. The van der Waals surface area contributed by atoms with Crippen molar-refractivity contribution >= 4 is 10.9 Å². The summed E-state index contributed by atoms with van der Waals surface area (Å²) >= 11 is 0. The van der Waals surface area contributed by atoms with Crippen LogP contribution in [-0.2, 0) is 6.54 Å². The van der Waals surface area contributed by atoms with E-state index in [0.29, 0.717) is 24.7 Å². The summed E-state index contributed by atoms with van der Waals surface area (Å²) in [6, 6.07) is 8.24. The van der Waals surface area contributed by atoms with Crippen LogP contribution in [0.5, 0.6) is 0 Å². The van der Waals surface area contributed by atoms with Crippen LogP contribution in [0.4, 0.5) is 0 Å². The van der Waals surface area contributed by atoms with E-state index >= 15 is 0 Å². The van der Waals surface area contributed by atoms with E-state index in [9.17, 15) is 9.90 Å². The number of tetrazole rings is 1. The second kappa shape index (κ2) is 9.28. The molecule has 1 atom stereocenters. The number of aromatic nitrogens is 5. The number of hydrogen-bond donors (Lipinski definition) is 2. The lowest BCUT2D eigenvalue weighted by Crippen LogP contribution is -2.37. The Morgan fingerprint density at radius 3 is 2.74 bits per heavy atom. The van der Waals surface area contributed by atoms with Gasteiger partial charge in [-0.1, -0.05) is 38.8 Å². The number of hydrogen-bond acceptors (Lipinski definition) is 6. The van der Waals surface area contributed by atoms with Gasteiger partial charge in [0.15, 0.2) is 5.82 Å². The van der Waals surface area contributed by atoms with E-state index < -0.39 is 0 Å². The molecule has 2 heterocycles. The second-order valence-corrected chi connectivity index (χ2v) is 9.02. The lowest BCUT2D eigenvalue weighted by Gasteiger charge is -2.33. The second-order valence-electron chi connectivity index (χ2n) is 9.02. The summed E-state index contributed by atoms with van der Waals surface area (Å²) in [5, 5.41) is 23.5. The Morgan fingerprint density at radius 2 is 2.03 bits per heavy atom. The van der Waals surface area contributed by atoms with Gasteiger partial charge in [-0.15, -0.1) is 5.10 Å². The quantitative estimate of drug-likeness (QED) is 0.576. The fourth-order valence-corrected chi connectivity index (χ4v) is 4.83. The molecule has 2 N–H and O–H groups in total. The van der Waals surface area contributed by atoms with Gasteiger partial charge >= 0.3 is 0 Å². The van der Waals surface area contributed by atoms with Gasteiger partial charge in [-0.2, -0.15) is 0 Å². The average Bonchev–Trinajstić information content (AvgIpc) is 3.40. The monoisotopic (exact) mass is 424 g/mol. The normalized spacial score (nSPS) is 16.1. The summed E-state index contributed by atoms with van der Waals surface area (Å²) in [6.07, 6.45) is 4.57. The van der Waals surface area contributed by atoms with Gasteiger partial charge in [0, 0.05) is 24.2 Å². The molecule has 0 radical (unpaired) electrons. The first-order chi connectivity index (χ1) is 15.0. The summed E-state index contributed by atoms with van der Waals surface area (Å²) in [7, 11) is 0. The molecule has 8 nitrogen and oxygen atoms in total. The number of benzene rings is 1. The molecule has 0 amide bonds. The van der Waals surface area contributed by atoms with Crippen molar-refractivity contribution in [2.75, 3.05) is 13.2 Å². The maximum absolute atomic E-state index is 12.8. The summed E-state index contributed by atoms with van der Waals surface area (Å²) in [5.74, 6) is 1.03. The molecule has 3 aromatic rings. The van der Waals surface area contributed by atoms with Crippen LogP contribution in [0.15, 0.2) is 29.1 Å². The molecular formula is C23H32N6O2. The molecule has 1 fully saturated rings. The first kappa shape index (κ1) is 21.6. The highest BCUT2D eigenvalue weighted by Crippen LogP contribution is 2.34. The van der Waals surface area contributed by atoms with Gasteiger partial charge in [-0.25, -0.2) is 4.68 Å². The number of nitrogens with one attached hydrogen (secondary N) is 1. The molecule has 8 heteroatoms. The Balaban J connectivity index is 1.69. The highest BCUT2D eigenvalue weighted by molar-refractivity contribution is 5.79. The minimum atomic E-state index is -0.101. The molecule has 2 aromatic heterocycles. The number of H-pyrrole nitrogens is 1. The smallest absolute Gasteiger partial charge is 0.252 e. The molecule has 0 saturated heterocycles. The van der Waals surface area contributed by atoms with E-state index in [0.717, 1.165) is 35.1 Å². The van der Waals surface area contributed by atoms with Crippen molar-refractivity contribution < 1.29 is 5.11 Å². The molecule has 0 unspecified atom stereocenters. The molecule has 0 spiro atoms. The number of nitrogens with zero attached hydrogens (tertiary/aromatic N) is 5. The number of aliphatic hydroxyl groups excluding tert-OH is 1. The molecule has 166 valence electrons. The zero-order valence-corrected chi connectivity index (χ0v) is 18.6. The number of aliphatic hydroxyl groups is 1. The molecule has 31 heavy (non-hydrogen) atoms. The largest absolute Gasteiger partial charge is 0.395 e. The third-order valence-corrected chi connectivity index (χ3v) is 6.32. The van der Waals surface area contributed by atoms with Gasteiger partial charge in [0.05, 0.1) is 18.7 Å². The van der Waals surface area contributed by atoms with E-state index in [1.165, 1.54) is 12.8 Å². The van der Waals surface area contributed by atoms with Crippen LogP contribution in [0.1, 0.15) is 68.6 Å². The van der Waals surface area contributed by atoms with Gasteiger partial charge in [0.25, 0.3) is 5.56 Å². The Bertz CT molecular complexity index is 1080. The van der Waals surface area contributed by atoms with Crippen LogP contribution in [-0.4, -0.2) is 48.3 Å². The highest BCUT2D eigenvalue weighted by Gasteiger charge is 2.32. The standard InChI is InChI=1S/C23H32N6O2/c1-15(2)21(22-25-26-27-29(22)19-6-4-5-7-19)28(10-11-30)14-18-13-17-9-8-16(3)12-20(17)24-23(18)31/h8-9,12-13,15,19,21,30H,4-7,10-11,14H2,1-3H3,(H,24,31)/t21-/m1/s1. The minimum absolute atomic E-state index is 0.00110. The van der Waals surface area contributed by atoms with Gasteiger partial charge in [0.2, 0.25) is 0 Å². The topological polar surface area (TPSA) is 99.9 Å². The van der Waals surface area contributed by atoms with Crippen molar-refractivity contribution in [1.29, 1.82) is 0 Å². The molecule has 1 aliphatic rings. The summed E-state index contributed by atoms with van der Waals surface area (Å²) in [4.78, 5) is 18.0. The Labute approximate surface area is 182 Å². The number of rotatable bonds is 8. The summed E-state index contributed by atoms with van der Waals surface area (Å²) in [5.41, 5.74) is 2.53. The lowest BCUT2D eigenvalue weighted by atomic mass is 10.00. The van der Waals surface area contributed by atoms with Crippen molar-refractivity contribution in [2.45, 2.75) is 65.1 Å². The predicted molar refractivity (Wildman–Crippen MR) is 120 cm³/mol. The maximum atomic E-state index is 12.8. The van der Waals surface area contributed by atoms with Crippen LogP contribution in [0.2, 0.25) is 0 Å². The molecule has 1 aliphatic carbocycles. The maximum Gasteiger partial charge on any atom is 0.252 e.